The van der Waals surface area contributed by atoms with Gasteiger partial charge in [-0.2, -0.15) is 0 Å². The van der Waals surface area contributed by atoms with Gasteiger partial charge in [0.15, 0.2) is 3.74 Å². The monoisotopic (exact) mass is 395 g/mol. The molecule has 1 saturated carbocycles. The zero-order valence-electron chi connectivity index (χ0n) is 11.5. The van der Waals surface area contributed by atoms with Crippen molar-refractivity contribution in [1.29, 1.82) is 0 Å². The lowest BCUT2D eigenvalue weighted by atomic mass is 9.73. The zero-order valence-corrected chi connectivity index (χ0v) is 14.6. The van der Waals surface area contributed by atoms with Crippen LogP contribution in [0.2, 0.25) is 0 Å². The van der Waals surface area contributed by atoms with Gasteiger partial charge in [0, 0.05) is 5.92 Å². The molecule has 110 valence electrons. The Labute approximate surface area is 132 Å². The van der Waals surface area contributed by atoms with Crippen molar-refractivity contribution >= 4 is 37.8 Å². The molecule has 1 atom stereocenters. The second-order valence-electron chi connectivity index (χ2n) is 5.91. The molecule has 0 spiro atoms. The van der Waals surface area contributed by atoms with Crippen molar-refractivity contribution in [2.75, 3.05) is 13.1 Å². The molecule has 1 N–H and O–H groups in total. The van der Waals surface area contributed by atoms with E-state index in [9.17, 15) is 4.79 Å². The van der Waals surface area contributed by atoms with E-state index in [4.69, 9.17) is 4.74 Å². The highest BCUT2D eigenvalue weighted by molar-refractivity contribution is 9.25. The Morgan fingerprint density at radius 3 is 2.21 bits per heavy atom. The first kappa shape index (κ1) is 15.8. The number of piperidine rings is 1. The normalized spacial score (nSPS) is 25.5. The minimum absolute atomic E-state index is 0.187. The first-order valence-electron chi connectivity index (χ1n) is 7.25. The molecule has 0 radical (unpaired) electrons. The Hall–Kier alpha value is 0.390. The number of carbonyl (C=O) groups excluding carboxylic acids is 1. The standard InChI is InChI=1S/C14H23Br2NO2/c1-14(10-4-2-3-5-10,19-13(18)12(15)16)11-6-8-17-9-7-11/h10-12,17H,2-9H2,1H3. The fourth-order valence-electron chi connectivity index (χ4n) is 3.66. The number of esters is 1. The van der Waals surface area contributed by atoms with E-state index in [1.807, 2.05) is 0 Å². The summed E-state index contributed by atoms with van der Waals surface area (Å²) in [6, 6.07) is 0. The van der Waals surface area contributed by atoms with Gasteiger partial charge in [-0.15, -0.1) is 0 Å². The third-order valence-electron chi connectivity index (χ3n) is 4.81. The van der Waals surface area contributed by atoms with Crippen LogP contribution in [0.1, 0.15) is 45.4 Å². The number of nitrogens with one attached hydrogen (secondary N) is 1. The number of rotatable bonds is 4. The number of carbonyl (C=O) groups is 1. The molecule has 0 aromatic carbocycles. The van der Waals surface area contributed by atoms with Crippen molar-refractivity contribution in [3.63, 3.8) is 0 Å². The summed E-state index contributed by atoms with van der Waals surface area (Å²) in [4.78, 5) is 12.0. The summed E-state index contributed by atoms with van der Waals surface area (Å²) in [5, 5.41) is 3.39. The van der Waals surface area contributed by atoms with Crippen LogP contribution in [0, 0.1) is 11.8 Å². The van der Waals surface area contributed by atoms with Crippen LogP contribution in [0.25, 0.3) is 0 Å². The molecule has 1 unspecified atom stereocenters. The average molecular weight is 397 g/mol. The van der Waals surface area contributed by atoms with Crippen LogP contribution >= 0.6 is 31.9 Å². The lowest BCUT2D eigenvalue weighted by molar-refractivity contribution is -0.171. The van der Waals surface area contributed by atoms with E-state index in [-0.39, 0.29) is 11.6 Å². The molecule has 1 aliphatic carbocycles. The lowest BCUT2D eigenvalue weighted by Crippen LogP contribution is -2.49. The summed E-state index contributed by atoms with van der Waals surface area (Å²) in [6.07, 6.45) is 7.15. The fourth-order valence-corrected chi connectivity index (χ4v) is 3.84. The molecule has 0 aromatic rings. The van der Waals surface area contributed by atoms with Crippen LogP contribution in [0.5, 0.6) is 0 Å². The van der Waals surface area contributed by atoms with Crippen molar-refractivity contribution in [3.05, 3.63) is 0 Å². The van der Waals surface area contributed by atoms with Crippen LogP contribution in [0.3, 0.4) is 0 Å². The maximum atomic E-state index is 12.0. The van der Waals surface area contributed by atoms with Crippen LogP contribution in [-0.4, -0.2) is 28.4 Å². The van der Waals surface area contributed by atoms with Gasteiger partial charge in [0.1, 0.15) is 5.60 Å². The summed E-state index contributed by atoms with van der Waals surface area (Å²) in [6.45, 7) is 4.24. The number of halogens is 2. The Morgan fingerprint density at radius 1 is 1.16 bits per heavy atom. The van der Waals surface area contributed by atoms with Gasteiger partial charge in [-0.05, 0) is 51.6 Å². The Kier molecular flexibility index (Phi) is 5.73. The van der Waals surface area contributed by atoms with Crippen LogP contribution in [0.4, 0.5) is 0 Å². The van der Waals surface area contributed by atoms with E-state index in [0.717, 1.165) is 25.9 Å². The Morgan fingerprint density at radius 2 is 1.68 bits per heavy atom. The third kappa shape index (κ3) is 3.73. The fraction of sp³-hybridized carbons (Fsp3) is 0.929. The number of ether oxygens (including phenoxy) is 1. The first-order valence-corrected chi connectivity index (χ1v) is 9.09. The number of hydrogen-bond donors (Lipinski definition) is 1. The predicted molar refractivity (Wildman–Crippen MR) is 83.7 cm³/mol. The van der Waals surface area contributed by atoms with Gasteiger partial charge in [-0.25, -0.2) is 4.79 Å². The zero-order chi connectivity index (χ0) is 13.9. The van der Waals surface area contributed by atoms with E-state index in [1.54, 1.807) is 0 Å². The molecule has 1 aliphatic heterocycles. The number of hydrogen-bond acceptors (Lipinski definition) is 3. The minimum Gasteiger partial charge on any atom is -0.457 e. The molecule has 3 nitrogen and oxygen atoms in total. The quantitative estimate of drug-likeness (QED) is 0.582. The molecule has 19 heavy (non-hydrogen) atoms. The van der Waals surface area contributed by atoms with E-state index in [0.29, 0.717) is 11.8 Å². The molecule has 0 bridgehead atoms. The van der Waals surface area contributed by atoms with Crippen molar-refractivity contribution in [2.45, 2.75) is 54.8 Å². The molecule has 2 rings (SSSR count). The highest BCUT2D eigenvalue weighted by Crippen LogP contribution is 2.44. The largest absolute Gasteiger partial charge is 0.457 e. The highest BCUT2D eigenvalue weighted by atomic mass is 79.9. The molecule has 5 heteroatoms. The van der Waals surface area contributed by atoms with Crippen molar-refractivity contribution in [2.24, 2.45) is 11.8 Å². The second-order valence-corrected chi connectivity index (χ2v) is 8.97. The topological polar surface area (TPSA) is 38.3 Å². The molecule has 2 fully saturated rings. The van der Waals surface area contributed by atoms with Gasteiger partial charge >= 0.3 is 5.97 Å². The highest BCUT2D eigenvalue weighted by Gasteiger charge is 2.46. The summed E-state index contributed by atoms with van der Waals surface area (Å²) < 4.78 is 5.56. The minimum atomic E-state index is -0.401. The molecule has 0 aromatic heterocycles. The van der Waals surface area contributed by atoms with Crippen LogP contribution < -0.4 is 5.32 Å². The van der Waals surface area contributed by atoms with Gasteiger partial charge in [-0.1, -0.05) is 44.7 Å². The average Bonchev–Trinajstić information content (AvgIpc) is 2.94. The van der Waals surface area contributed by atoms with Gasteiger partial charge in [0.05, 0.1) is 0 Å². The Bertz CT molecular complexity index is 313. The van der Waals surface area contributed by atoms with Crippen molar-refractivity contribution < 1.29 is 9.53 Å². The molecule has 2 aliphatic rings. The SMILES string of the molecule is CC(OC(=O)C(Br)Br)(C1CCCC1)C1CCNCC1. The smallest absolute Gasteiger partial charge is 0.331 e. The molecular formula is C14H23Br2NO2. The van der Waals surface area contributed by atoms with Gasteiger partial charge < -0.3 is 10.1 Å². The van der Waals surface area contributed by atoms with Crippen molar-refractivity contribution in [3.8, 4) is 0 Å². The van der Waals surface area contributed by atoms with Crippen molar-refractivity contribution in [1.82, 2.24) is 5.32 Å². The van der Waals surface area contributed by atoms with E-state index in [1.165, 1.54) is 25.7 Å². The second kappa shape index (κ2) is 6.90. The van der Waals surface area contributed by atoms with E-state index >= 15 is 0 Å². The Balaban J connectivity index is 2.13. The van der Waals surface area contributed by atoms with E-state index in [2.05, 4.69) is 44.1 Å². The first-order chi connectivity index (χ1) is 9.04. The maximum Gasteiger partial charge on any atom is 0.331 e. The summed E-state index contributed by atoms with van der Waals surface area (Å²) in [7, 11) is 0. The maximum absolute atomic E-state index is 12.0. The van der Waals surface area contributed by atoms with E-state index < -0.39 is 3.74 Å². The molecular weight excluding hydrogens is 374 g/mol. The molecule has 0 amide bonds. The summed E-state index contributed by atoms with van der Waals surface area (Å²) in [5.41, 5.74) is -0.296. The number of alkyl halides is 2. The third-order valence-corrected chi connectivity index (χ3v) is 5.56. The van der Waals surface area contributed by atoms with Gasteiger partial charge in [0.2, 0.25) is 0 Å². The van der Waals surface area contributed by atoms with Crippen LogP contribution in [0.15, 0.2) is 0 Å². The van der Waals surface area contributed by atoms with Gasteiger partial charge in [-0.3, -0.25) is 0 Å². The van der Waals surface area contributed by atoms with Crippen LogP contribution in [-0.2, 0) is 9.53 Å². The van der Waals surface area contributed by atoms with Gasteiger partial charge in [0.25, 0.3) is 0 Å². The summed E-state index contributed by atoms with van der Waals surface area (Å²) >= 11 is 6.51. The molecule has 1 saturated heterocycles. The lowest BCUT2D eigenvalue weighted by Gasteiger charge is -2.43. The summed E-state index contributed by atoms with van der Waals surface area (Å²) in [5.74, 6) is 0.825. The molecule has 1 heterocycles. The predicted octanol–water partition coefficient (Wildman–Crippen LogP) is 3.59.